The standard InChI is InChI=1S/C24H36N2O2/c1-19(21-11-5-3-6-12-21)25-23(15-9-17-27)24(16-10-18-28)26-20(2)22-13-7-4-8-14-22/h3-8,11-14,19-20,23-28H,9-10,15-18H2,1-2H3/t19-,20-,23+,24+/m0/s1. The zero-order valence-electron chi connectivity index (χ0n) is 17.2. The van der Waals surface area contributed by atoms with Gasteiger partial charge in [0, 0.05) is 37.4 Å². The zero-order chi connectivity index (χ0) is 20.2. The van der Waals surface area contributed by atoms with Crippen LogP contribution in [-0.4, -0.2) is 35.5 Å². The van der Waals surface area contributed by atoms with Crippen molar-refractivity contribution < 1.29 is 10.2 Å². The number of rotatable bonds is 13. The van der Waals surface area contributed by atoms with Gasteiger partial charge in [-0.2, -0.15) is 0 Å². The fraction of sp³-hybridized carbons (Fsp3) is 0.500. The maximum Gasteiger partial charge on any atom is 0.0431 e. The first-order valence-corrected chi connectivity index (χ1v) is 10.5. The summed E-state index contributed by atoms with van der Waals surface area (Å²) < 4.78 is 0. The first kappa shape index (κ1) is 22.6. The van der Waals surface area contributed by atoms with Crippen LogP contribution in [0.4, 0.5) is 0 Å². The van der Waals surface area contributed by atoms with Crippen LogP contribution in [0.1, 0.15) is 62.7 Å². The second-order valence-electron chi connectivity index (χ2n) is 7.54. The van der Waals surface area contributed by atoms with Gasteiger partial charge in [-0.25, -0.2) is 0 Å². The van der Waals surface area contributed by atoms with Crippen LogP contribution >= 0.6 is 0 Å². The highest BCUT2D eigenvalue weighted by Gasteiger charge is 2.24. The van der Waals surface area contributed by atoms with E-state index in [4.69, 9.17) is 0 Å². The average Bonchev–Trinajstić information content (AvgIpc) is 2.75. The van der Waals surface area contributed by atoms with E-state index in [0.717, 1.165) is 25.7 Å². The quantitative estimate of drug-likeness (QED) is 0.422. The van der Waals surface area contributed by atoms with E-state index >= 15 is 0 Å². The lowest BCUT2D eigenvalue weighted by molar-refractivity contribution is 0.229. The Morgan fingerprint density at radius 3 is 1.32 bits per heavy atom. The normalized spacial score (nSPS) is 15.7. The number of aliphatic hydroxyl groups is 2. The summed E-state index contributed by atoms with van der Waals surface area (Å²) in [6.07, 6.45) is 3.29. The van der Waals surface area contributed by atoms with Crippen LogP contribution in [0.25, 0.3) is 0 Å². The Morgan fingerprint density at radius 2 is 1.00 bits per heavy atom. The zero-order valence-corrected chi connectivity index (χ0v) is 17.2. The van der Waals surface area contributed by atoms with Gasteiger partial charge in [-0.05, 0) is 50.7 Å². The molecule has 2 rings (SSSR count). The molecule has 0 fully saturated rings. The van der Waals surface area contributed by atoms with E-state index < -0.39 is 0 Å². The summed E-state index contributed by atoms with van der Waals surface area (Å²) in [6, 6.07) is 21.7. The highest BCUT2D eigenvalue weighted by molar-refractivity contribution is 5.19. The van der Waals surface area contributed by atoms with Crippen LogP contribution in [0.5, 0.6) is 0 Å². The number of nitrogens with one attached hydrogen (secondary N) is 2. The molecule has 154 valence electrons. The van der Waals surface area contributed by atoms with Crippen LogP contribution in [0.2, 0.25) is 0 Å². The van der Waals surface area contributed by atoms with Crippen molar-refractivity contribution in [3.63, 3.8) is 0 Å². The highest BCUT2D eigenvalue weighted by Crippen LogP contribution is 2.20. The lowest BCUT2D eigenvalue weighted by Crippen LogP contribution is -2.49. The van der Waals surface area contributed by atoms with Gasteiger partial charge in [0.2, 0.25) is 0 Å². The molecule has 0 heterocycles. The fourth-order valence-electron chi connectivity index (χ4n) is 3.74. The van der Waals surface area contributed by atoms with Crippen LogP contribution in [-0.2, 0) is 0 Å². The third-order valence-electron chi connectivity index (χ3n) is 5.36. The van der Waals surface area contributed by atoms with Gasteiger partial charge >= 0.3 is 0 Å². The Balaban J connectivity index is 2.13. The first-order chi connectivity index (χ1) is 13.7. The van der Waals surface area contributed by atoms with Crippen LogP contribution < -0.4 is 10.6 Å². The van der Waals surface area contributed by atoms with Gasteiger partial charge in [0.25, 0.3) is 0 Å². The Kier molecular flexibility index (Phi) is 10.2. The molecule has 4 N–H and O–H groups in total. The predicted molar refractivity (Wildman–Crippen MR) is 116 cm³/mol. The first-order valence-electron chi connectivity index (χ1n) is 10.5. The molecule has 4 atom stereocenters. The van der Waals surface area contributed by atoms with Crippen molar-refractivity contribution in [1.82, 2.24) is 10.6 Å². The third kappa shape index (κ3) is 7.36. The molecular formula is C24H36N2O2. The van der Waals surface area contributed by atoms with Gasteiger partial charge in [0.05, 0.1) is 0 Å². The molecule has 0 aliphatic rings. The Bertz CT molecular complexity index is 578. The Labute approximate surface area is 170 Å². The smallest absolute Gasteiger partial charge is 0.0431 e. The SMILES string of the molecule is C[C@H](N[C@H](CCCO)[C@@H](CCCO)N[C@@H](C)c1ccccc1)c1ccccc1. The van der Waals surface area contributed by atoms with E-state index in [1.807, 2.05) is 12.1 Å². The molecule has 0 aromatic heterocycles. The van der Waals surface area contributed by atoms with Crippen LogP contribution in [0.15, 0.2) is 60.7 Å². The summed E-state index contributed by atoms with van der Waals surface area (Å²) in [5.74, 6) is 0. The monoisotopic (exact) mass is 384 g/mol. The summed E-state index contributed by atoms with van der Waals surface area (Å²) in [5.41, 5.74) is 2.52. The maximum atomic E-state index is 9.40. The molecule has 0 radical (unpaired) electrons. The Morgan fingerprint density at radius 1 is 0.643 bits per heavy atom. The lowest BCUT2D eigenvalue weighted by Gasteiger charge is -2.34. The van der Waals surface area contributed by atoms with Gasteiger partial charge in [0.1, 0.15) is 0 Å². The van der Waals surface area contributed by atoms with E-state index in [2.05, 4.69) is 73.0 Å². The maximum absolute atomic E-state index is 9.40. The van der Waals surface area contributed by atoms with Crippen molar-refractivity contribution in [1.29, 1.82) is 0 Å². The van der Waals surface area contributed by atoms with Crippen LogP contribution in [0.3, 0.4) is 0 Å². The number of aliphatic hydroxyl groups excluding tert-OH is 2. The van der Waals surface area contributed by atoms with Gasteiger partial charge in [-0.1, -0.05) is 60.7 Å². The second kappa shape index (κ2) is 12.7. The molecular weight excluding hydrogens is 348 g/mol. The minimum absolute atomic E-state index is 0.193. The van der Waals surface area contributed by atoms with Crippen molar-refractivity contribution in [2.24, 2.45) is 0 Å². The molecule has 0 unspecified atom stereocenters. The van der Waals surface area contributed by atoms with E-state index in [0.29, 0.717) is 0 Å². The Hall–Kier alpha value is -1.72. The fourth-order valence-corrected chi connectivity index (χ4v) is 3.74. The molecule has 2 aromatic carbocycles. The van der Waals surface area contributed by atoms with Crippen molar-refractivity contribution >= 4 is 0 Å². The molecule has 28 heavy (non-hydrogen) atoms. The van der Waals surface area contributed by atoms with Crippen molar-refractivity contribution in [2.45, 2.75) is 63.7 Å². The van der Waals surface area contributed by atoms with E-state index in [9.17, 15) is 10.2 Å². The van der Waals surface area contributed by atoms with Crippen molar-refractivity contribution in [2.75, 3.05) is 13.2 Å². The largest absolute Gasteiger partial charge is 0.396 e. The van der Waals surface area contributed by atoms with Gasteiger partial charge in [0.15, 0.2) is 0 Å². The number of benzene rings is 2. The molecule has 2 aromatic rings. The summed E-state index contributed by atoms with van der Waals surface area (Å²) in [6.45, 7) is 4.76. The predicted octanol–water partition coefficient (Wildman–Crippen LogP) is 3.97. The number of hydrogen-bond acceptors (Lipinski definition) is 4. The molecule has 4 heteroatoms. The summed E-state index contributed by atoms with van der Waals surface area (Å²) in [7, 11) is 0. The summed E-state index contributed by atoms with van der Waals surface area (Å²) in [5, 5.41) is 26.3. The topological polar surface area (TPSA) is 64.5 Å². The molecule has 0 spiro atoms. The molecule has 0 aliphatic carbocycles. The molecule has 0 saturated carbocycles. The summed E-state index contributed by atoms with van der Waals surface area (Å²) in [4.78, 5) is 0. The summed E-state index contributed by atoms with van der Waals surface area (Å²) >= 11 is 0. The lowest BCUT2D eigenvalue weighted by atomic mass is 9.95. The molecule has 0 saturated heterocycles. The minimum Gasteiger partial charge on any atom is -0.396 e. The molecule has 0 aliphatic heterocycles. The van der Waals surface area contributed by atoms with Crippen LogP contribution in [0, 0.1) is 0 Å². The van der Waals surface area contributed by atoms with E-state index in [1.165, 1.54) is 11.1 Å². The van der Waals surface area contributed by atoms with E-state index in [1.54, 1.807) is 0 Å². The van der Waals surface area contributed by atoms with Gasteiger partial charge < -0.3 is 20.8 Å². The minimum atomic E-state index is 0.193. The third-order valence-corrected chi connectivity index (χ3v) is 5.36. The van der Waals surface area contributed by atoms with Crippen molar-refractivity contribution in [3.05, 3.63) is 71.8 Å². The molecule has 0 amide bonds. The highest BCUT2D eigenvalue weighted by atomic mass is 16.3. The van der Waals surface area contributed by atoms with Gasteiger partial charge in [-0.3, -0.25) is 0 Å². The van der Waals surface area contributed by atoms with Crippen molar-refractivity contribution in [3.8, 4) is 0 Å². The van der Waals surface area contributed by atoms with E-state index in [-0.39, 0.29) is 37.4 Å². The number of hydrogen-bond donors (Lipinski definition) is 4. The van der Waals surface area contributed by atoms with Gasteiger partial charge in [-0.15, -0.1) is 0 Å². The second-order valence-corrected chi connectivity index (χ2v) is 7.54. The average molecular weight is 385 g/mol. The molecule has 0 bridgehead atoms. The molecule has 4 nitrogen and oxygen atoms in total.